The minimum Gasteiger partial charge on any atom is -0.326 e. The van der Waals surface area contributed by atoms with Gasteiger partial charge >= 0.3 is 0 Å². The summed E-state index contributed by atoms with van der Waals surface area (Å²) in [5.41, 5.74) is 1.51. The average molecular weight is 333 g/mol. The molecule has 1 amide bonds. The molecule has 0 saturated carbocycles. The normalized spacial score (nSPS) is 10.7. The first kappa shape index (κ1) is 17.3. The van der Waals surface area contributed by atoms with E-state index in [1.807, 2.05) is 24.3 Å². The summed E-state index contributed by atoms with van der Waals surface area (Å²) in [5, 5.41) is 13.4. The molecule has 0 aliphatic carbocycles. The van der Waals surface area contributed by atoms with Gasteiger partial charge in [0.1, 0.15) is 0 Å². The van der Waals surface area contributed by atoms with Gasteiger partial charge in [0.2, 0.25) is 10.7 Å². The van der Waals surface area contributed by atoms with Crippen LogP contribution in [0, 0.1) is 4.77 Å². The summed E-state index contributed by atoms with van der Waals surface area (Å²) in [7, 11) is 0. The predicted molar refractivity (Wildman–Crippen MR) is 93.2 cm³/mol. The monoisotopic (exact) mass is 333 g/mol. The molecule has 0 spiro atoms. The number of unbranched alkanes of at least 4 members (excludes halogenated alkanes) is 5. The number of nitrogens with one attached hydrogen (secondary N) is 2. The predicted octanol–water partition coefficient (Wildman–Crippen LogP) is 4.01. The molecule has 6 nitrogen and oxygen atoms in total. The molecule has 2 aromatic rings. The highest BCUT2D eigenvalue weighted by Gasteiger charge is 2.04. The van der Waals surface area contributed by atoms with Crippen LogP contribution in [0.4, 0.5) is 5.69 Å². The second-order valence-electron chi connectivity index (χ2n) is 5.53. The van der Waals surface area contributed by atoms with Crippen LogP contribution in [0.15, 0.2) is 24.3 Å². The molecule has 0 saturated heterocycles. The summed E-state index contributed by atoms with van der Waals surface area (Å²) >= 11 is 4.90. The van der Waals surface area contributed by atoms with Crippen molar-refractivity contribution in [2.45, 2.75) is 51.9 Å². The summed E-state index contributed by atoms with van der Waals surface area (Å²) in [6.45, 7) is 2.20. The van der Waals surface area contributed by atoms with Gasteiger partial charge in [-0.2, -0.15) is 4.80 Å². The molecule has 23 heavy (non-hydrogen) atoms. The van der Waals surface area contributed by atoms with Crippen LogP contribution in [0.3, 0.4) is 0 Å². The molecule has 2 N–H and O–H groups in total. The fourth-order valence-electron chi connectivity index (χ4n) is 2.34. The van der Waals surface area contributed by atoms with Gasteiger partial charge in [0.05, 0.1) is 5.69 Å². The van der Waals surface area contributed by atoms with Gasteiger partial charge in [-0.25, -0.2) is 5.10 Å². The number of amides is 1. The maximum atomic E-state index is 12.0. The van der Waals surface area contributed by atoms with E-state index < -0.39 is 0 Å². The van der Waals surface area contributed by atoms with Gasteiger partial charge in [-0.1, -0.05) is 50.2 Å². The summed E-state index contributed by atoms with van der Waals surface area (Å²) in [4.78, 5) is 13.5. The molecule has 0 aliphatic rings. The number of aromatic nitrogens is 4. The molecule has 1 heterocycles. The van der Waals surface area contributed by atoms with Crippen LogP contribution < -0.4 is 5.32 Å². The lowest BCUT2D eigenvalue weighted by atomic mass is 10.1. The fraction of sp³-hybridized carbons (Fsp3) is 0.500. The SMILES string of the molecule is CCCCCCCCC(=O)Nc1cccc(-n2nnc(=S)[nH]2)c1. The number of benzene rings is 1. The third-order valence-corrected chi connectivity index (χ3v) is 3.73. The first-order valence-corrected chi connectivity index (χ1v) is 8.52. The molecule has 0 atom stereocenters. The molecule has 0 aliphatic heterocycles. The number of hydrogen-bond acceptors (Lipinski definition) is 4. The van der Waals surface area contributed by atoms with E-state index in [1.54, 1.807) is 0 Å². The third-order valence-electron chi connectivity index (χ3n) is 3.56. The van der Waals surface area contributed by atoms with Crippen molar-refractivity contribution in [1.82, 2.24) is 20.2 Å². The molecule has 124 valence electrons. The zero-order chi connectivity index (χ0) is 16.5. The molecule has 0 fully saturated rings. The summed E-state index contributed by atoms with van der Waals surface area (Å²) in [6, 6.07) is 7.41. The van der Waals surface area contributed by atoms with E-state index in [9.17, 15) is 4.79 Å². The Morgan fingerprint density at radius 3 is 2.78 bits per heavy atom. The lowest BCUT2D eigenvalue weighted by Gasteiger charge is -2.07. The zero-order valence-corrected chi connectivity index (χ0v) is 14.2. The number of nitrogens with zero attached hydrogens (tertiary/aromatic N) is 3. The smallest absolute Gasteiger partial charge is 0.236 e. The summed E-state index contributed by atoms with van der Waals surface area (Å²) in [5.74, 6) is 0.0455. The number of aromatic amines is 1. The van der Waals surface area contributed by atoms with Crippen molar-refractivity contribution in [2.24, 2.45) is 0 Å². The Bertz CT molecular complexity index is 679. The van der Waals surface area contributed by atoms with Crippen molar-refractivity contribution in [1.29, 1.82) is 0 Å². The molecular weight excluding hydrogens is 310 g/mol. The molecule has 0 radical (unpaired) electrons. The number of carbonyl (C=O) groups excluding carboxylic acids is 1. The van der Waals surface area contributed by atoms with Gasteiger partial charge < -0.3 is 5.32 Å². The van der Waals surface area contributed by atoms with Crippen LogP contribution in [0.1, 0.15) is 51.9 Å². The number of hydrogen-bond donors (Lipinski definition) is 2. The van der Waals surface area contributed by atoms with E-state index >= 15 is 0 Å². The lowest BCUT2D eigenvalue weighted by Crippen LogP contribution is -2.11. The third kappa shape index (κ3) is 5.94. The first-order valence-electron chi connectivity index (χ1n) is 8.11. The Hall–Kier alpha value is -2.02. The summed E-state index contributed by atoms with van der Waals surface area (Å²) in [6.07, 6.45) is 7.61. The van der Waals surface area contributed by atoms with Crippen molar-refractivity contribution in [3.8, 4) is 5.69 Å². The Morgan fingerprint density at radius 1 is 1.26 bits per heavy atom. The second-order valence-corrected chi connectivity index (χ2v) is 5.92. The molecule has 0 unspecified atom stereocenters. The highest BCUT2D eigenvalue weighted by molar-refractivity contribution is 7.71. The van der Waals surface area contributed by atoms with E-state index in [4.69, 9.17) is 12.2 Å². The van der Waals surface area contributed by atoms with Crippen LogP contribution in [-0.4, -0.2) is 26.1 Å². The van der Waals surface area contributed by atoms with Crippen LogP contribution in [-0.2, 0) is 4.79 Å². The standard InChI is InChI=1S/C16H23N5OS/c1-2-3-4-5-6-7-11-15(22)17-13-9-8-10-14(12-13)21-19-16(23)18-20-21/h8-10,12H,2-7,11H2,1H3,(H,17,22)(H,19,23). The second kappa shape index (κ2) is 9.19. The van der Waals surface area contributed by atoms with Gasteiger partial charge in [-0.3, -0.25) is 4.79 Å². The van der Waals surface area contributed by atoms with Gasteiger partial charge in [0, 0.05) is 12.1 Å². The van der Waals surface area contributed by atoms with E-state index in [0.29, 0.717) is 11.2 Å². The van der Waals surface area contributed by atoms with Crippen LogP contribution >= 0.6 is 12.2 Å². The van der Waals surface area contributed by atoms with E-state index in [-0.39, 0.29) is 5.91 Å². The number of H-pyrrole nitrogens is 1. The van der Waals surface area contributed by atoms with Gasteiger partial charge in [-0.15, -0.1) is 0 Å². The number of rotatable bonds is 9. The maximum absolute atomic E-state index is 12.0. The average Bonchev–Trinajstić information content (AvgIpc) is 2.97. The quantitative estimate of drug-likeness (QED) is 0.537. The largest absolute Gasteiger partial charge is 0.326 e. The Labute approximate surface area is 141 Å². The number of carbonyl (C=O) groups is 1. The van der Waals surface area contributed by atoms with Gasteiger partial charge in [0.25, 0.3) is 0 Å². The summed E-state index contributed by atoms with van der Waals surface area (Å²) < 4.78 is 0.322. The van der Waals surface area contributed by atoms with Crippen molar-refractivity contribution in [3.05, 3.63) is 29.0 Å². The highest BCUT2D eigenvalue weighted by atomic mass is 32.1. The molecule has 0 bridgehead atoms. The van der Waals surface area contributed by atoms with Crippen molar-refractivity contribution in [3.63, 3.8) is 0 Å². The van der Waals surface area contributed by atoms with E-state index in [0.717, 1.165) is 24.2 Å². The van der Waals surface area contributed by atoms with Crippen molar-refractivity contribution < 1.29 is 4.79 Å². The van der Waals surface area contributed by atoms with Gasteiger partial charge in [-0.05, 0) is 42.1 Å². The van der Waals surface area contributed by atoms with Crippen LogP contribution in [0.25, 0.3) is 5.69 Å². The van der Waals surface area contributed by atoms with Crippen molar-refractivity contribution >= 4 is 23.8 Å². The molecule has 7 heteroatoms. The molecule has 1 aromatic carbocycles. The minimum atomic E-state index is 0.0455. The minimum absolute atomic E-state index is 0.0455. The lowest BCUT2D eigenvalue weighted by molar-refractivity contribution is -0.116. The fourth-order valence-corrected chi connectivity index (χ4v) is 2.46. The molecule has 2 rings (SSSR count). The van der Waals surface area contributed by atoms with E-state index in [1.165, 1.54) is 30.5 Å². The zero-order valence-electron chi connectivity index (χ0n) is 13.4. The maximum Gasteiger partial charge on any atom is 0.236 e. The van der Waals surface area contributed by atoms with Crippen LogP contribution in [0.5, 0.6) is 0 Å². The van der Waals surface area contributed by atoms with Crippen molar-refractivity contribution in [2.75, 3.05) is 5.32 Å². The Morgan fingerprint density at radius 2 is 2.04 bits per heavy atom. The van der Waals surface area contributed by atoms with E-state index in [2.05, 4.69) is 27.7 Å². The molecular formula is C16H23N5OS. The Balaban J connectivity index is 1.81. The Kier molecular flexibility index (Phi) is 6.93. The first-order chi connectivity index (χ1) is 11.2. The highest BCUT2D eigenvalue weighted by Crippen LogP contribution is 2.14. The number of tetrazole rings is 1. The topological polar surface area (TPSA) is 75.6 Å². The number of anilines is 1. The molecule has 1 aromatic heterocycles. The van der Waals surface area contributed by atoms with Gasteiger partial charge in [0.15, 0.2) is 0 Å². The van der Waals surface area contributed by atoms with Crippen LogP contribution in [0.2, 0.25) is 0 Å².